The van der Waals surface area contributed by atoms with E-state index in [4.69, 9.17) is 15.9 Å². The van der Waals surface area contributed by atoms with Crippen molar-refractivity contribution in [3.8, 4) is 0 Å². The third kappa shape index (κ3) is 7.79. The summed E-state index contributed by atoms with van der Waals surface area (Å²) in [5, 5.41) is 23.6. The van der Waals surface area contributed by atoms with Crippen LogP contribution in [0.15, 0.2) is 0 Å². The number of hydrogen-bond acceptors (Lipinski definition) is 6. The molecule has 0 radical (unpaired) electrons. The standard InChI is InChI=1S/C11H18N4O7/c1-5(11(21)22)14-8(17)4-13-10(20)6(2-9(18)19)15-7(16)3-12/h5-6H,2-4,12H2,1H3,(H,13,20)(H,14,17)(H,15,16)(H,18,19)(H,21,22). The van der Waals surface area contributed by atoms with E-state index in [-0.39, 0.29) is 0 Å². The molecule has 0 aromatic rings. The summed E-state index contributed by atoms with van der Waals surface area (Å²) in [5.41, 5.74) is 5.05. The molecule has 0 saturated heterocycles. The predicted molar refractivity (Wildman–Crippen MR) is 71.5 cm³/mol. The maximum Gasteiger partial charge on any atom is 0.325 e. The summed E-state index contributed by atoms with van der Waals surface area (Å²) in [4.78, 5) is 55.4. The average Bonchev–Trinajstić information content (AvgIpc) is 2.43. The lowest BCUT2D eigenvalue weighted by Crippen LogP contribution is -2.52. The first-order valence-electron chi connectivity index (χ1n) is 6.18. The van der Waals surface area contributed by atoms with E-state index < -0.39 is 61.3 Å². The second-order valence-corrected chi connectivity index (χ2v) is 4.27. The number of hydrogen-bond donors (Lipinski definition) is 6. The summed E-state index contributed by atoms with van der Waals surface area (Å²) < 4.78 is 0. The molecule has 0 aromatic heterocycles. The second kappa shape index (κ2) is 9.28. The van der Waals surface area contributed by atoms with Gasteiger partial charge in [0.2, 0.25) is 17.7 Å². The van der Waals surface area contributed by atoms with Crippen molar-refractivity contribution in [2.75, 3.05) is 13.1 Å². The maximum absolute atomic E-state index is 11.7. The van der Waals surface area contributed by atoms with Crippen molar-refractivity contribution < 1.29 is 34.2 Å². The van der Waals surface area contributed by atoms with Gasteiger partial charge in [0.25, 0.3) is 0 Å². The molecule has 124 valence electrons. The summed E-state index contributed by atoms with van der Waals surface area (Å²) in [5.74, 6) is -4.99. The molecule has 11 nitrogen and oxygen atoms in total. The molecule has 22 heavy (non-hydrogen) atoms. The van der Waals surface area contributed by atoms with Gasteiger partial charge in [0.15, 0.2) is 0 Å². The van der Waals surface area contributed by atoms with Crippen LogP contribution in [-0.4, -0.2) is 65.0 Å². The number of nitrogens with two attached hydrogens (primary N) is 1. The van der Waals surface area contributed by atoms with Crippen LogP contribution in [0.2, 0.25) is 0 Å². The molecule has 0 rings (SSSR count). The van der Waals surface area contributed by atoms with Gasteiger partial charge in [-0.25, -0.2) is 0 Å². The molecule has 0 saturated carbocycles. The first kappa shape index (κ1) is 19.3. The molecule has 2 unspecified atom stereocenters. The highest BCUT2D eigenvalue weighted by atomic mass is 16.4. The first-order valence-corrected chi connectivity index (χ1v) is 6.18. The largest absolute Gasteiger partial charge is 0.481 e. The van der Waals surface area contributed by atoms with Gasteiger partial charge in [0, 0.05) is 0 Å². The van der Waals surface area contributed by atoms with Crippen molar-refractivity contribution >= 4 is 29.7 Å². The molecule has 3 amide bonds. The van der Waals surface area contributed by atoms with Gasteiger partial charge < -0.3 is 31.9 Å². The van der Waals surface area contributed by atoms with Crippen LogP contribution in [0.4, 0.5) is 0 Å². The van der Waals surface area contributed by atoms with Crippen LogP contribution in [-0.2, 0) is 24.0 Å². The number of nitrogens with one attached hydrogen (secondary N) is 3. The quantitative estimate of drug-likeness (QED) is 0.254. The van der Waals surface area contributed by atoms with Crippen molar-refractivity contribution in [2.24, 2.45) is 5.73 Å². The summed E-state index contributed by atoms with van der Waals surface area (Å²) in [6.45, 7) is 0.238. The predicted octanol–water partition coefficient (Wildman–Crippen LogP) is -3.39. The molecular weight excluding hydrogens is 300 g/mol. The third-order valence-electron chi connectivity index (χ3n) is 2.39. The molecule has 0 aliphatic heterocycles. The minimum Gasteiger partial charge on any atom is -0.481 e. The second-order valence-electron chi connectivity index (χ2n) is 4.27. The van der Waals surface area contributed by atoms with E-state index in [9.17, 15) is 24.0 Å². The topological polar surface area (TPSA) is 188 Å². The third-order valence-corrected chi connectivity index (χ3v) is 2.39. The molecule has 2 atom stereocenters. The van der Waals surface area contributed by atoms with Gasteiger partial charge in [0.1, 0.15) is 12.1 Å². The minimum atomic E-state index is -1.39. The van der Waals surface area contributed by atoms with E-state index in [0.29, 0.717) is 0 Å². The molecule has 0 fully saturated rings. The molecule has 0 spiro atoms. The van der Waals surface area contributed by atoms with Crippen LogP contribution in [0.1, 0.15) is 13.3 Å². The van der Waals surface area contributed by atoms with Gasteiger partial charge in [-0.2, -0.15) is 0 Å². The number of carbonyl (C=O) groups is 5. The number of aliphatic carboxylic acids is 2. The van der Waals surface area contributed by atoms with Gasteiger partial charge in [-0.15, -0.1) is 0 Å². The zero-order chi connectivity index (χ0) is 17.3. The summed E-state index contributed by atoms with van der Waals surface area (Å²) in [6, 6.07) is -2.53. The Morgan fingerprint density at radius 3 is 2.09 bits per heavy atom. The number of carboxylic acids is 2. The van der Waals surface area contributed by atoms with Crippen molar-refractivity contribution in [1.82, 2.24) is 16.0 Å². The number of rotatable bonds is 9. The molecule has 0 heterocycles. The first-order chi connectivity index (χ1) is 10.2. The lowest BCUT2D eigenvalue weighted by atomic mass is 10.2. The SMILES string of the molecule is CC(NC(=O)CNC(=O)C(CC(=O)O)NC(=O)CN)C(=O)O. The summed E-state index contributed by atoms with van der Waals surface area (Å²) >= 11 is 0. The fourth-order valence-corrected chi connectivity index (χ4v) is 1.28. The summed E-state index contributed by atoms with van der Waals surface area (Å²) in [7, 11) is 0. The number of carbonyl (C=O) groups excluding carboxylic acids is 3. The van der Waals surface area contributed by atoms with E-state index in [0.717, 1.165) is 0 Å². The van der Waals surface area contributed by atoms with Crippen molar-refractivity contribution in [2.45, 2.75) is 25.4 Å². The van der Waals surface area contributed by atoms with Gasteiger partial charge in [0.05, 0.1) is 19.5 Å². The van der Waals surface area contributed by atoms with Crippen LogP contribution < -0.4 is 21.7 Å². The van der Waals surface area contributed by atoms with Crippen LogP contribution in [0.5, 0.6) is 0 Å². The molecule has 0 bridgehead atoms. The monoisotopic (exact) mass is 318 g/mol. The van der Waals surface area contributed by atoms with Gasteiger partial charge in [-0.1, -0.05) is 0 Å². The van der Waals surface area contributed by atoms with Crippen molar-refractivity contribution in [3.05, 3.63) is 0 Å². The van der Waals surface area contributed by atoms with E-state index in [1.165, 1.54) is 6.92 Å². The Morgan fingerprint density at radius 2 is 1.64 bits per heavy atom. The zero-order valence-corrected chi connectivity index (χ0v) is 11.8. The average molecular weight is 318 g/mol. The molecule has 11 heteroatoms. The highest BCUT2D eigenvalue weighted by molar-refractivity contribution is 5.93. The Balaban J connectivity index is 4.49. The highest BCUT2D eigenvalue weighted by Gasteiger charge is 2.24. The van der Waals surface area contributed by atoms with Gasteiger partial charge >= 0.3 is 11.9 Å². The number of carboxylic acid groups (broad SMARTS) is 2. The van der Waals surface area contributed by atoms with E-state index >= 15 is 0 Å². The Labute approximate surface area is 125 Å². The Morgan fingerprint density at radius 1 is 1.05 bits per heavy atom. The van der Waals surface area contributed by atoms with Gasteiger partial charge in [-0.3, -0.25) is 24.0 Å². The van der Waals surface area contributed by atoms with E-state index in [1.54, 1.807) is 0 Å². The summed E-state index contributed by atoms with van der Waals surface area (Å²) in [6.07, 6.45) is -0.690. The maximum atomic E-state index is 11.7. The molecule has 0 aromatic carbocycles. The lowest BCUT2D eigenvalue weighted by molar-refractivity contribution is -0.142. The zero-order valence-electron chi connectivity index (χ0n) is 11.8. The van der Waals surface area contributed by atoms with E-state index in [1.807, 2.05) is 0 Å². The molecule has 0 aliphatic carbocycles. The Hall–Kier alpha value is -2.69. The Kier molecular flexibility index (Phi) is 8.15. The minimum absolute atomic E-state index is 0.431. The Bertz CT molecular complexity index is 465. The van der Waals surface area contributed by atoms with Crippen LogP contribution in [0.3, 0.4) is 0 Å². The van der Waals surface area contributed by atoms with Crippen LogP contribution >= 0.6 is 0 Å². The highest BCUT2D eigenvalue weighted by Crippen LogP contribution is 1.93. The number of amides is 3. The molecular formula is C11H18N4O7. The molecule has 7 N–H and O–H groups in total. The van der Waals surface area contributed by atoms with Crippen molar-refractivity contribution in [3.63, 3.8) is 0 Å². The van der Waals surface area contributed by atoms with Crippen molar-refractivity contribution in [1.29, 1.82) is 0 Å². The fourth-order valence-electron chi connectivity index (χ4n) is 1.28. The normalized spacial score (nSPS) is 12.6. The smallest absolute Gasteiger partial charge is 0.325 e. The van der Waals surface area contributed by atoms with E-state index in [2.05, 4.69) is 16.0 Å². The van der Waals surface area contributed by atoms with Crippen LogP contribution in [0.25, 0.3) is 0 Å². The lowest BCUT2D eigenvalue weighted by Gasteiger charge is -2.16. The fraction of sp³-hybridized carbons (Fsp3) is 0.545. The van der Waals surface area contributed by atoms with Gasteiger partial charge in [-0.05, 0) is 6.92 Å². The molecule has 0 aliphatic rings. The van der Waals surface area contributed by atoms with Crippen LogP contribution in [0, 0.1) is 0 Å².